The molecule has 0 atom stereocenters. The zero-order valence-electron chi connectivity index (χ0n) is 14.4. The molecule has 2 aromatic carbocycles. The molecular formula is C19H17N3O5. The van der Waals surface area contributed by atoms with Gasteiger partial charge in [-0.25, -0.2) is 0 Å². The molecule has 8 heteroatoms. The van der Waals surface area contributed by atoms with Crippen molar-refractivity contribution in [2.45, 2.75) is 12.8 Å². The van der Waals surface area contributed by atoms with E-state index in [4.69, 9.17) is 0 Å². The van der Waals surface area contributed by atoms with Crippen molar-refractivity contribution in [2.24, 2.45) is 0 Å². The highest BCUT2D eigenvalue weighted by Crippen LogP contribution is 2.26. The molecule has 1 N–H and O–H groups in total. The van der Waals surface area contributed by atoms with Gasteiger partial charge in [-0.15, -0.1) is 0 Å². The SMILES string of the molecule is O=C(CN1C(=O)c2ccc([N+](=O)[O-])cc2C1=O)NCCCc1ccccc1. The lowest BCUT2D eigenvalue weighted by Crippen LogP contribution is -2.40. The first-order chi connectivity index (χ1) is 13.0. The van der Waals surface area contributed by atoms with E-state index in [2.05, 4.69) is 5.32 Å². The fourth-order valence-electron chi connectivity index (χ4n) is 2.90. The molecular weight excluding hydrogens is 350 g/mol. The quantitative estimate of drug-likeness (QED) is 0.348. The zero-order valence-corrected chi connectivity index (χ0v) is 14.4. The monoisotopic (exact) mass is 367 g/mol. The fourth-order valence-corrected chi connectivity index (χ4v) is 2.90. The van der Waals surface area contributed by atoms with Crippen LogP contribution in [-0.4, -0.2) is 40.6 Å². The number of nitrogens with zero attached hydrogens (tertiary/aromatic N) is 2. The van der Waals surface area contributed by atoms with E-state index < -0.39 is 29.2 Å². The number of fused-ring (bicyclic) bond motifs is 1. The van der Waals surface area contributed by atoms with E-state index in [1.807, 2.05) is 30.3 Å². The normalized spacial score (nSPS) is 12.8. The van der Waals surface area contributed by atoms with E-state index in [0.29, 0.717) is 6.54 Å². The van der Waals surface area contributed by atoms with Crippen molar-refractivity contribution in [3.63, 3.8) is 0 Å². The molecule has 27 heavy (non-hydrogen) atoms. The Balaban J connectivity index is 1.54. The molecule has 0 spiro atoms. The summed E-state index contributed by atoms with van der Waals surface area (Å²) in [4.78, 5) is 47.7. The molecule has 0 saturated carbocycles. The fraction of sp³-hybridized carbons (Fsp3) is 0.211. The minimum Gasteiger partial charge on any atom is -0.355 e. The Morgan fingerprint density at radius 1 is 1.04 bits per heavy atom. The minimum atomic E-state index is -0.696. The van der Waals surface area contributed by atoms with Crippen LogP contribution in [0.3, 0.4) is 0 Å². The van der Waals surface area contributed by atoms with Crippen LogP contribution >= 0.6 is 0 Å². The van der Waals surface area contributed by atoms with Crippen LogP contribution in [0.15, 0.2) is 48.5 Å². The van der Waals surface area contributed by atoms with Gasteiger partial charge in [0.15, 0.2) is 0 Å². The minimum absolute atomic E-state index is 0.0499. The molecule has 0 bridgehead atoms. The molecule has 0 radical (unpaired) electrons. The molecule has 0 fully saturated rings. The Labute approximate surface area is 154 Å². The number of amides is 3. The van der Waals surface area contributed by atoms with Crippen LogP contribution in [-0.2, 0) is 11.2 Å². The Kier molecular flexibility index (Phi) is 5.25. The predicted octanol–water partition coefficient (Wildman–Crippen LogP) is 1.94. The molecule has 8 nitrogen and oxygen atoms in total. The van der Waals surface area contributed by atoms with Gasteiger partial charge in [-0.1, -0.05) is 30.3 Å². The van der Waals surface area contributed by atoms with Gasteiger partial charge in [0, 0.05) is 18.7 Å². The number of carbonyl (C=O) groups excluding carboxylic acids is 3. The zero-order chi connectivity index (χ0) is 19.4. The first-order valence-electron chi connectivity index (χ1n) is 8.42. The summed E-state index contributed by atoms with van der Waals surface area (Å²) < 4.78 is 0. The molecule has 1 aliphatic rings. The number of carbonyl (C=O) groups is 3. The van der Waals surface area contributed by atoms with Gasteiger partial charge in [-0.2, -0.15) is 0 Å². The van der Waals surface area contributed by atoms with Gasteiger partial charge in [-0.05, 0) is 24.5 Å². The van der Waals surface area contributed by atoms with Gasteiger partial charge in [0.2, 0.25) is 5.91 Å². The maximum absolute atomic E-state index is 12.3. The van der Waals surface area contributed by atoms with Crippen LogP contribution in [0, 0.1) is 10.1 Å². The summed E-state index contributed by atoms with van der Waals surface area (Å²) in [6, 6.07) is 13.3. The van der Waals surface area contributed by atoms with E-state index >= 15 is 0 Å². The molecule has 3 rings (SSSR count). The van der Waals surface area contributed by atoms with Crippen molar-refractivity contribution in [2.75, 3.05) is 13.1 Å². The highest BCUT2D eigenvalue weighted by atomic mass is 16.6. The van der Waals surface area contributed by atoms with E-state index in [0.717, 1.165) is 35.4 Å². The van der Waals surface area contributed by atoms with Gasteiger partial charge in [0.1, 0.15) is 6.54 Å². The van der Waals surface area contributed by atoms with E-state index in [1.165, 1.54) is 6.07 Å². The first kappa shape index (κ1) is 18.2. The maximum Gasteiger partial charge on any atom is 0.270 e. The first-order valence-corrected chi connectivity index (χ1v) is 8.42. The van der Waals surface area contributed by atoms with Crippen molar-refractivity contribution < 1.29 is 19.3 Å². The van der Waals surface area contributed by atoms with Gasteiger partial charge in [-0.3, -0.25) is 29.4 Å². The second-order valence-corrected chi connectivity index (χ2v) is 6.12. The highest BCUT2D eigenvalue weighted by Gasteiger charge is 2.37. The van der Waals surface area contributed by atoms with Crippen LogP contribution in [0.1, 0.15) is 32.7 Å². The van der Waals surface area contributed by atoms with Crippen molar-refractivity contribution >= 4 is 23.4 Å². The number of benzene rings is 2. The number of nitrogens with one attached hydrogen (secondary N) is 1. The summed E-state index contributed by atoms with van der Waals surface area (Å²) in [7, 11) is 0. The second-order valence-electron chi connectivity index (χ2n) is 6.12. The van der Waals surface area contributed by atoms with Crippen molar-refractivity contribution in [3.8, 4) is 0 Å². The van der Waals surface area contributed by atoms with E-state index in [-0.39, 0.29) is 16.8 Å². The second kappa shape index (κ2) is 7.77. The summed E-state index contributed by atoms with van der Waals surface area (Å²) in [6.07, 6.45) is 1.53. The lowest BCUT2D eigenvalue weighted by atomic mass is 10.1. The Bertz CT molecular complexity index is 911. The molecule has 3 amide bonds. The molecule has 0 aliphatic carbocycles. The lowest BCUT2D eigenvalue weighted by molar-refractivity contribution is -0.384. The maximum atomic E-state index is 12.3. The number of non-ortho nitro benzene ring substituents is 1. The number of aryl methyl sites for hydroxylation is 1. The van der Waals surface area contributed by atoms with Gasteiger partial charge in [0.25, 0.3) is 17.5 Å². The molecule has 2 aromatic rings. The van der Waals surface area contributed by atoms with Crippen molar-refractivity contribution in [1.29, 1.82) is 0 Å². The molecule has 0 unspecified atom stereocenters. The lowest BCUT2D eigenvalue weighted by Gasteiger charge is -2.13. The summed E-state index contributed by atoms with van der Waals surface area (Å²) >= 11 is 0. The molecule has 1 heterocycles. The number of hydrogen-bond donors (Lipinski definition) is 1. The van der Waals surface area contributed by atoms with Crippen LogP contribution in [0.2, 0.25) is 0 Å². The molecule has 1 aliphatic heterocycles. The average molecular weight is 367 g/mol. The summed E-state index contributed by atoms with van der Waals surface area (Å²) in [5.41, 5.74) is 0.907. The van der Waals surface area contributed by atoms with Crippen LogP contribution in [0.5, 0.6) is 0 Å². The number of nitro groups is 1. The predicted molar refractivity (Wildman–Crippen MR) is 96.2 cm³/mol. The third-order valence-corrected chi connectivity index (χ3v) is 4.27. The number of rotatable bonds is 7. The molecule has 0 saturated heterocycles. The highest BCUT2D eigenvalue weighted by molar-refractivity contribution is 6.22. The van der Waals surface area contributed by atoms with Gasteiger partial charge >= 0.3 is 0 Å². The van der Waals surface area contributed by atoms with Crippen LogP contribution < -0.4 is 5.32 Å². The van der Waals surface area contributed by atoms with Crippen LogP contribution in [0.25, 0.3) is 0 Å². The molecule has 0 aromatic heterocycles. The van der Waals surface area contributed by atoms with E-state index in [1.54, 1.807) is 0 Å². The summed E-state index contributed by atoms with van der Waals surface area (Å²) in [5.74, 6) is -1.77. The Morgan fingerprint density at radius 3 is 2.44 bits per heavy atom. The number of nitro benzene ring substituents is 1. The standard InChI is InChI=1S/C19H17N3O5/c23-17(20-10-4-7-13-5-2-1-3-6-13)12-21-18(24)15-9-8-14(22(26)27)11-16(15)19(21)25/h1-3,5-6,8-9,11H,4,7,10,12H2,(H,20,23). The van der Waals surface area contributed by atoms with Gasteiger partial charge in [0.05, 0.1) is 16.1 Å². The number of imide groups is 1. The topological polar surface area (TPSA) is 110 Å². The third-order valence-electron chi connectivity index (χ3n) is 4.27. The van der Waals surface area contributed by atoms with Gasteiger partial charge < -0.3 is 5.32 Å². The van der Waals surface area contributed by atoms with Crippen molar-refractivity contribution in [3.05, 3.63) is 75.3 Å². The Morgan fingerprint density at radius 2 is 1.74 bits per heavy atom. The number of hydrogen-bond acceptors (Lipinski definition) is 5. The summed E-state index contributed by atoms with van der Waals surface area (Å²) in [6.45, 7) is 0.00779. The molecule has 138 valence electrons. The van der Waals surface area contributed by atoms with E-state index in [9.17, 15) is 24.5 Å². The Hall–Kier alpha value is -3.55. The largest absolute Gasteiger partial charge is 0.355 e. The van der Waals surface area contributed by atoms with Crippen LogP contribution in [0.4, 0.5) is 5.69 Å². The van der Waals surface area contributed by atoms with Crippen molar-refractivity contribution in [1.82, 2.24) is 10.2 Å². The smallest absolute Gasteiger partial charge is 0.270 e. The summed E-state index contributed by atoms with van der Waals surface area (Å²) in [5, 5.41) is 13.5. The third kappa shape index (κ3) is 4.00. The average Bonchev–Trinajstić information content (AvgIpc) is 2.90.